The van der Waals surface area contributed by atoms with Gasteiger partial charge >= 0.3 is 0 Å². The van der Waals surface area contributed by atoms with Gasteiger partial charge in [0, 0.05) is 25.0 Å². The lowest BCUT2D eigenvalue weighted by Gasteiger charge is -2.33. The molecule has 0 aliphatic carbocycles. The lowest BCUT2D eigenvalue weighted by molar-refractivity contribution is -0.0362. The van der Waals surface area contributed by atoms with Gasteiger partial charge in [-0.3, -0.25) is 4.90 Å². The molecule has 0 amide bonds. The fourth-order valence-electron chi connectivity index (χ4n) is 3.73. The number of aromatic nitrogens is 1. The van der Waals surface area contributed by atoms with Crippen LogP contribution >= 0.6 is 0 Å². The zero-order valence-electron chi connectivity index (χ0n) is 14.0. The van der Waals surface area contributed by atoms with Gasteiger partial charge in [0.1, 0.15) is 11.6 Å². The van der Waals surface area contributed by atoms with E-state index in [-0.39, 0.29) is 0 Å². The second-order valence-corrected chi connectivity index (χ2v) is 6.55. The maximum absolute atomic E-state index is 5.95. The third-order valence-corrected chi connectivity index (χ3v) is 5.06. The van der Waals surface area contributed by atoms with Crippen molar-refractivity contribution in [1.29, 1.82) is 0 Å². The molecule has 2 unspecified atom stereocenters. The molecular weight excluding hydrogens is 290 g/mol. The van der Waals surface area contributed by atoms with Gasteiger partial charge in [-0.05, 0) is 43.8 Å². The zero-order chi connectivity index (χ0) is 16.0. The summed E-state index contributed by atoms with van der Waals surface area (Å²) in [6, 6.07) is 8.71. The first kappa shape index (κ1) is 14.7. The lowest BCUT2D eigenvalue weighted by Crippen LogP contribution is -2.48. The summed E-state index contributed by atoms with van der Waals surface area (Å²) in [4.78, 5) is 9.69. The molecule has 1 aromatic carbocycles. The molecule has 0 saturated carbocycles. The average molecular weight is 313 g/mol. The summed E-state index contributed by atoms with van der Waals surface area (Å²) in [6.45, 7) is 5.88. The topological polar surface area (TPSA) is 37.8 Å². The second kappa shape index (κ2) is 5.65. The second-order valence-electron chi connectivity index (χ2n) is 6.55. The average Bonchev–Trinajstić information content (AvgIpc) is 2.99. The van der Waals surface area contributed by atoms with Gasteiger partial charge in [0.2, 0.25) is 0 Å². The van der Waals surface area contributed by atoms with Crippen LogP contribution in [0.2, 0.25) is 0 Å². The maximum Gasteiger partial charge on any atom is 0.132 e. The minimum Gasteiger partial charge on any atom is -0.497 e. The molecule has 0 bridgehead atoms. The van der Waals surface area contributed by atoms with Crippen molar-refractivity contribution in [2.45, 2.75) is 19.1 Å². The first-order valence-electron chi connectivity index (χ1n) is 8.18. The van der Waals surface area contributed by atoms with Crippen LogP contribution in [-0.4, -0.2) is 62.4 Å². The van der Waals surface area contributed by atoms with E-state index in [1.165, 1.54) is 5.56 Å². The van der Waals surface area contributed by atoms with Crippen LogP contribution in [0.25, 0.3) is 10.9 Å². The Bertz CT molecular complexity index is 734. The number of ether oxygens (including phenoxy) is 2. The van der Waals surface area contributed by atoms with Crippen LogP contribution in [0.5, 0.6) is 5.75 Å². The lowest BCUT2D eigenvalue weighted by atomic mass is 10.1. The zero-order valence-corrected chi connectivity index (χ0v) is 14.0. The van der Waals surface area contributed by atoms with E-state index in [4.69, 9.17) is 14.5 Å². The number of rotatable bonds is 2. The smallest absolute Gasteiger partial charge is 0.132 e. The summed E-state index contributed by atoms with van der Waals surface area (Å²) in [7, 11) is 3.88. The van der Waals surface area contributed by atoms with Crippen LogP contribution in [0.4, 0.5) is 5.82 Å². The molecule has 2 aliphatic rings. The summed E-state index contributed by atoms with van der Waals surface area (Å²) in [5.41, 5.74) is 2.21. The van der Waals surface area contributed by atoms with Gasteiger partial charge in [0.05, 0.1) is 31.4 Å². The first-order valence-corrected chi connectivity index (χ1v) is 8.18. The van der Waals surface area contributed by atoms with E-state index in [0.29, 0.717) is 12.1 Å². The Morgan fingerprint density at radius 2 is 2.13 bits per heavy atom. The molecule has 122 valence electrons. The number of fused-ring (bicyclic) bond motifs is 2. The Balaban J connectivity index is 1.68. The molecule has 5 nitrogen and oxygen atoms in total. The summed E-state index contributed by atoms with van der Waals surface area (Å²) in [5, 5.41) is 1.12. The van der Waals surface area contributed by atoms with Crippen LogP contribution < -0.4 is 9.64 Å². The van der Waals surface area contributed by atoms with Gasteiger partial charge < -0.3 is 14.4 Å². The van der Waals surface area contributed by atoms with Gasteiger partial charge in [-0.25, -0.2) is 4.98 Å². The number of benzene rings is 1. The monoisotopic (exact) mass is 313 g/mol. The van der Waals surface area contributed by atoms with Crippen molar-refractivity contribution in [2.24, 2.45) is 0 Å². The highest BCUT2D eigenvalue weighted by Gasteiger charge is 2.39. The number of likely N-dealkylation sites (N-methyl/N-ethyl adjacent to an activating group) is 1. The van der Waals surface area contributed by atoms with Crippen molar-refractivity contribution >= 4 is 16.7 Å². The molecule has 0 N–H and O–H groups in total. The quantitative estimate of drug-likeness (QED) is 0.848. The molecule has 3 heterocycles. The normalized spacial score (nSPS) is 24.9. The molecule has 2 saturated heterocycles. The molecule has 1 aromatic heterocycles. The number of morpholine rings is 1. The van der Waals surface area contributed by atoms with E-state index in [1.54, 1.807) is 7.11 Å². The van der Waals surface area contributed by atoms with Crippen molar-refractivity contribution in [3.8, 4) is 5.75 Å². The molecule has 4 rings (SSSR count). The van der Waals surface area contributed by atoms with Crippen molar-refractivity contribution in [2.75, 3.05) is 45.3 Å². The SMILES string of the molecule is COc1ccc2nc(N3CC4OCCN(C)C4C3)c(C)cc2c1. The fourth-order valence-corrected chi connectivity index (χ4v) is 3.73. The first-order chi connectivity index (χ1) is 11.2. The molecule has 0 spiro atoms. The number of hydrogen-bond acceptors (Lipinski definition) is 5. The van der Waals surface area contributed by atoms with Crippen LogP contribution in [0.1, 0.15) is 5.56 Å². The van der Waals surface area contributed by atoms with Crippen molar-refractivity contribution in [3.63, 3.8) is 0 Å². The van der Waals surface area contributed by atoms with Gasteiger partial charge in [0.25, 0.3) is 0 Å². The molecule has 2 aromatic rings. The van der Waals surface area contributed by atoms with Crippen molar-refractivity contribution < 1.29 is 9.47 Å². The van der Waals surface area contributed by atoms with E-state index < -0.39 is 0 Å². The maximum atomic E-state index is 5.95. The van der Waals surface area contributed by atoms with Crippen molar-refractivity contribution in [1.82, 2.24) is 9.88 Å². The largest absolute Gasteiger partial charge is 0.497 e. The van der Waals surface area contributed by atoms with Gasteiger partial charge in [-0.15, -0.1) is 0 Å². The van der Waals surface area contributed by atoms with Crippen LogP contribution in [-0.2, 0) is 4.74 Å². The number of aryl methyl sites for hydroxylation is 1. The van der Waals surface area contributed by atoms with Crippen LogP contribution in [0.15, 0.2) is 24.3 Å². The highest BCUT2D eigenvalue weighted by atomic mass is 16.5. The number of pyridine rings is 1. The fraction of sp³-hybridized carbons (Fsp3) is 0.500. The van der Waals surface area contributed by atoms with E-state index in [9.17, 15) is 0 Å². The van der Waals surface area contributed by atoms with E-state index in [1.807, 2.05) is 18.2 Å². The number of nitrogens with zero attached hydrogens (tertiary/aromatic N) is 3. The Morgan fingerprint density at radius 3 is 2.91 bits per heavy atom. The summed E-state index contributed by atoms with van der Waals surface area (Å²) < 4.78 is 11.3. The highest BCUT2D eigenvalue weighted by Crippen LogP contribution is 2.30. The molecular formula is C18H23N3O2. The van der Waals surface area contributed by atoms with E-state index >= 15 is 0 Å². The Kier molecular flexibility index (Phi) is 3.62. The van der Waals surface area contributed by atoms with Crippen molar-refractivity contribution in [3.05, 3.63) is 29.8 Å². The Morgan fingerprint density at radius 1 is 1.26 bits per heavy atom. The highest BCUT2D eigenvalue weighted by molar-refractivity contribution is 5.83. The predicted octanol–water partition coefficient (Wildman–Crippen LogP) is 2.07. The molecule has 5 heteroatoms. The minimum absolute atomic E-state index is 0.293. The van der Waals surface area contributed by atoms with Crippen LogP contribution in [0, 0.1) is 6.92 Å². The number of anilines is 1. The van der Waals surface area contributed by atoms with Gasteiger partial charge in [0.15, 0.2) is 0 Å². The molecule has 2 aliphatic heterocycles. The molecule has 23 heavy (non-hydrogen) atoms. The molecule has 2 fully saturated rings. The third kappa shape index (κ3) is 2.54. The van der Waals surface area contributed by atoms with Crippen LogP contribution in [0.3, 0.4) is 0 Å². The standard InChI is InChI=1S/C18H23N3O2/c1-12-8-13-9-14(22-3)4-5-15(13)19-18(12)21-10-16-17(11-21)23-7-6-20(16)2/h4-5,8-9,16-17H,6-7,10-11H2,1-3H3. The molecule has 0 radical (unpaired) electrons. The Hall–Kier alpha value is -1.85. The van der Waals surface area contributed by atoms with Gasteiger partial charge in [-0.1, -0.05) is 0 Å². The minimum atomic E-state index is 0.293. The summed E-state index contributed by atoms with van der Waals surface area (Å²) >= 11 is 0. The predicted molar refractivity (Wildman–Crippen MR) is 91.4 cm³/mol. The number of hydrogen-bond donors (Lipinski definition) is 0. The molecule has 2 atom stereocenters. The van der Waals surface area contributed by atoms with E-state index in [2.05, 4.69) is 29.8 Å². The number of methoxy groups -OCH3 is 1. The summed E-state index contributed by atoms with van der Waals surface area (Å²) in [6.07, 6.45) is 0.293. The third-order valence-electron chi connectivity index (χ3n) is 5.06. The Labute approximate surface area is 136 Å². The van der Waals surface area contributed by atoms with Gasteiger partial charge in [-0.2, -0.15) is 0 Å². The summed E-state index contributed by atoms with van der Waals surface area (Å²) in [5.74, 6) is 1.95. The van der Waals surface area contributed by atoms with E-state index in [0.717, 1.165) is 48.7 Å².